The van der Waals surface area contributed by atoms with Gasteiger partial charge in [-0.2, -0.15) is 10.2 Å². The summed E-state index contributed by atoms with van der Waals surface area (Å²) in [6.45, 7) is 1.47. The third-order valence-corrected chi connectivity index (χ3v) is 4.47. The lowest BCUT2D eigenvalue weighted by Gasteiger charge is -2.32. The zero-order valence-electron chi connectivity index (χ0n) is 13.2. The van der Waals surface area contributed by atoms with E-state index in [0.717, 1.165) is 30.8 Å². The van der Waals surface area contributed by atoms with Gasteiger partial charge in [-0.1, -0.05) is 12.1 Å². The van der Waals surface area contributed by atoms with Gasteiger partial charge in [0.1, 0.15) is 12.7 Å². The molecule has 122 valence electrons. The van der Waals surface area contributed by atoms with Crippen molar-refractivity contribution in [2.75, 3.05) is 13.1 Å². The summed E-state index contributed by atoms with van der Waals surface area (Å²) < 4.78 is 1.63. The molecule has 1 aliphatic heterocycles. The van der Waals surface area contributed by atoms with Crippen LogP contribution >= 0.6 is 0 Å². The number of hydrogen-bond acceptors (Lipinski definition) is 4. The third kappa shape index (κ3) is 2.68. The van der Waals surface area contributed by atoms with Crippen LogP contribution in [0.1, 0.15) is 34.8 Å². The predicted molar refractivity (Wildman–Crippen MR) is 87.8 cm³/mol. The Kier molecular flexibility index (Phi) is 3.82. The molecule has 1 aromatic carbocycles. The van der Waals surface area contributed by atoms with Crippen molar-refractivity contribution in [1.82, 2.24) is 29.9 Å². The minimum atomic E-state index is 0.0327. The zero-order chi connectivity index (χ0) is 16.4. The van der Waals surface area contributed by atoms with Crippen molar-refractivity contribution in [3.63, 3.8) is 0 Å². The van der Waals surface area contributed by atoms with Crippen molar-refractivity contribution in [2.24, 2.45) is 0 Å². The molecule has 4 rings (SSSR count). The highest BCUT2D eigenvalue weighted by Crippen LogP contribution is 2.27. The van der Waals surface area contributed by atoms with E-state index in [-0.39, 0.29) is 5.91 Å². The van der Waals surface area contributed by atoms with Crippen LogP contribution in [0.4, 0.5) is 0 Å². The molecule has 1 unspecified atom stereocenters. The van der Waals surface area contributed by atoms with E-state index in [2.05, 4.69) is 20.3 Å². The smallest absolute Gasteiger partial charge is 0.256 e. The molecule has 7 nitrogen and oxygen atoms in total. The number of nitrogens with one attached hydrogen (secondary N) is 1. The van der Waals surface area contributed by atoms with Crippen LogP contribution in [-0.4, -0.2) is 48.9 Å². The predicted octanol–water partition coefficient (Wildman–Crippen LogP) is 2.01. The zero-order valence-corrected chi connectivity index (χ0v) is 13.2. The number of piperidine rings is 1. The van der Waals surface area contributed by atoms with Crippen LogP contribution in [0.3, 0.4) is 0 Å². The van der Waals surface area contributed by atoms with E-state index >= 15 is 0 Å². The van der Waals surface area contributed by atoms with E-state index in [9.17, 15) is 4.79 Å². The minimum Gasteiger partial charge on any atom is -0.338 e. The quantitative estimate of drug-likeness (QED) is 0.800. The summed E-state index contributed by atoms with van der Waals surface area (Å²) in [4.78, 5) is 19.0. The van der Waals surface area contributed by atoms with E-state index in [4.69, 9.17) is 0 Å². The molecular formula is C17H18N6O. The maximum Gasteiger partial charge on any atom is 0.256 e. The Balaban J connectivity index is 1.60. The first-order valence-corrected chi connectivity index (χ1v) is 8.05. The third-order valence-electron chi connectivity index (χ3n) is 4.47. The molecule has 1 amide bonds. The minimum absolute atomic E-state index is 0.0327. The molecule has 7 heteroatoms. The number of aromatic nitrogens is 5. The SMILES string of the molecule is O=C(c1ccccc1-n1cncn1)N1CCCC(c2ccn[nH]2)C1. The molecule has 1 aliphatic rings. The number of carbonyl (C=O) groups excluding carboxylic acids is 1. The molecule has 1 fully saturated rings. The highest BCUT2D eigenvalue weighted by molar-refractivity contribution is 5.97. The lowest BCUT2D eigenvalue weighted by Crippen LogP contribution is -2.39. The van der Waals surface area contributed by atoms with Gasteiger partial charge in [0.05, 0.1) is 11.3 Å². The lowest BCUT2D eigenvalue weighted by molar-refractivity contribution is 0.0705. The van der Waals surface area contributed by atoms with Gasteiger partial charge in [0.25, 0.3) is 5.91 Å². The number of para-hydroxylation sites is 1. The monoisotopic (exact) mass is 322 g/mol. The average molecular weight is 322 g/mol. The van der Waals surface area contributed by atoms with E-state index in [1.54, 1.807) is 17.2 Å². The van der Waals surface area contributed by atoms with Gasteiger partial charge in [-0.05, 0) is 31.0 Å². The first-order chi connectivity index (χ1) is 11.8. The fraction of sp³-hybridized carbons (Fsp3) is 0.294. The topological polar surface area (TPSA) is 79.7 Å². The molecule has 1 N–H and O–H groups in total. The summed E-state index contributed by atoms with van der Waals surface area (Å²) in [7, 11) is 0. The number of rotatable bonds is 3. The van der Waals surface area contributed by atoms with Gasteiger partial charge in [0.2, 0.25) is 0 Å². The van der Waals surface area contributed by atoms with Crippen LogP contribution in [0.25, 0.3) is 5.69 Å². The number of H-pyrrole nitrogens is 1. The molecule has 1 atom stereocenters. The fourth-order valence-electron chi connectivity index (χ4n) is 3.27. The van der Waals surface area contributed by atoms with Crippen LogP contribution in [-0.2, 0) is 0 Å². The summed E-state index contributed by atoms with van der Waals surface area (Å²) in [6, 6.07) is 9.50. The van der Waals surface area contributed by atoms with Crippen LogP contribution in [0, 0.1) is 0 Å². The Morgan fingerprint density at radius 3 is 2.96 bits per heavy atom. The van der Waals surface area contributed by atoms with Crippen molar-refractivity contribution in [1.29, 1.82) is 0 Å². The number of amides is 1. The fourth-order valence-corrected chi connectivity index (χ4v) is 3.27. The van der Waals surface area contributed by atoms with E-state index in [1.165, 1.54) is 6.33 Å². The van der Waals surface area contributed by atoms with Crippen molar-refractivity contribution < 1.29 is 4.79 Å². The lowest BCUT2D eigenvalue weighted by atomic mass is 9.94. The molecule has 2 aromatic heterocycles. The number of benzene rings is 1. The Morgan fingerprint density at radius 1 is 1.25 bits per heavy atom. The van der Waals surface area contributed by atoms with Gasteiger partial charge in [-0.25, -0.2) is 9.67 Å². The van der Waals surface area contributed by atoms with Gasteiger partial charge >= 0.3 is 0 Å². The standard InChI is InChI=1S/C17H18N6O/c24-17(14-5-1-2-6-16(14)23-12-18-11-20-23)22-9-3-4-13(10-22)15-7-8-19-21-15/h1-2,5-8,11-13H,3-4,9-10H2,(H,19,21). The molecule has 3 heterocycles. The summed E-state index contributed by atoms with van der Waals surface area (Å²) in [6.07, 6.45) is 6.89. The summed E-state index contributed by atoms with van der Waals surface area (Å²) in [5.74, 6) is 0.342. The van der Waals surface area contributed by atoms with Crippen molar-refractivity contribution in [3.05, 3.63) is 60.4 Å². The number of carbonyl (C=O) groups is 1. The van der Waals surface area contributed by atoms with Crippen molar-refractivity contribution in [3.8, 4) is 5.69 Å². The van der Waals surface area contributed by atoms with E-state index in [0.29, 0.717) is 18.0 Å². The highest BCUT2D eigenvalue weighted by Gasteiger charge is 2.27. The van der Waals surface area contributed by atoms with Gasteiger partial charge in [0.15, 0.2) is 0 Å². The highest BCUT2D eigenvalue weighted by atomic mass is 16.2. The first kappa shape index (κ1) is 14.6. The summed E-state index contributed by atoms with van der Waals surface area (Å²) in [5, 5.41) is 11.2. The molecule has 3 aromatic rings. The molecule has 0 saturated carbocycles. The van der Waals surface area contributed by atoms with Crippen molar-refractivity contribution >= 4 is 5.91 Å². The maximum atomic E-state index is 13.1. The van der Waals surface area contributed by atoms with E-state index < -0.39 is 0 Å². The molecular weight excluding hydrogens is 304 g/mol. The largest absolute Gasteiger partial charge is 0.338 e. The normalized spacial score (nSPS) is 17.8. The van der Waals surface area contributed by atoms with Crippen LogP contribution in [0.2, 0.25) is 0 Å². The average Bonchev–Trinajstić information content (AvgIpc) is 3.35. The summed E-state index contributed by atoms with van der Waals surface area (Å²) >= 11 is 0. The van der Waals surface area contributed by atoms with Crippen LogP contribution in [0.15, 0.2) is 49.2 Å². The van der Waals surface area contributed by atoms with Crippen molar-refractivity contribution in [2.45, 2.75) is 18.8 Å². The van der Waals surface area contributed by atoms with Gasteiger partial charge < -0.3 is 4.90 Å². The van der Waals surface area contributed by atoms with Gasteiger partial charge in [-0.15, -0.1) is 0 Å². The number of aromatic amines is 1. The Bertz CT molecular complexity index is 811. The first-order valence-electron chi connectivity index (χ1n) is 8.05. The maximum absolute atomic E-state index is 13.1. The Hall–Kier alpha value is -2.96. The van der Waals surface area contributed by atoms with Crippen LogP contribution in [0.5, 0.6) is 0 Å². The van der Waals surface area contributed by atoms with E-state index in [1.807, 2.05) is 35.2 Å². The molecule has 24 heavy (non-hydrogen) atoms. The van der Waals surface area contributed by atoms with Crippen LogP contribution < -0.4 is 0 Å². The molecule has 0 aliphatic carbocycles. The number of likely N-dealkylation sites (tertiary alicyclic amines) is 1. The number of hydrogen-bond donors (Lipinski definition) is 1. The molecule has 0 bridgehead atoms. The second kappa shape index (κ2) is 6.27. The van der Waals surface area contributed by atoms with Gasteiger partial charge in [0, 0.05) is 30.9 Å². The second-order valence-electron chi connectivity index (χ2n) is 5.96. The second-order valence-corrected chi connectivity index (χ2v) is 5.96. The Labute approximate surface area is 139 Å². The van der Waals surface area contributed by atoms with Gasteiger partial charge in [-0.3, -0.25) is 9.89 Å². The summed E-state index contributed by atoms with van der Waals surface area (Å²) in [5.41, 5.74) is 2.49. The molecule has 0 radical (unpaired) electrons. The molecule has 1 saturated heterocycles. The Morgan fingerprint density at radius 2 is 2.17 bits per heavy atom. The molecule has 0 spiro atoms. The number of nitrogens with zero attached hydrogens (tertiary/aromatic N) is 5.